The van der Waals surface area contributed by atoms with Crippen LogP contribution in [0.2, 0.25) is 0 Å². The van der Waals surface area contributed by atoms with Crippen molar-refractivity contribution >= 4 is 54.6 Å². The smallest absolute Gasteiger partial charge is 0.0619 e. The summed E-state index contributed by atoms with van der Waals surface area (Å²) in [4.78, 5) is 0. The molecule has 0 unspecified atom stereocenters. The standard InChI is InChI=1S/C40H34N4/c1-2-27(25-41)9-7-12-32(26-42)29-16-20-35-36-21-17-30-23-31(37-14-5-6-22-43-37)18-19-34(30)40(36)44(39(35)24-29)38-15-8-11-28-10-3-4-13-33(28)38/h2-8,10-21,23-26,43H,1,9,22,41-42H2/b12-7-,27-25+,32-26+. The zero-order chi connectivity index (χ0) is 30.0. The maximum absolute atomic E-state index is 6.19. The van der Waals surface area contributed by atoms with Crippen molar-refractivity contribution in [2.24, 2.45) is 11.5 Å². The van der Waals surface area contributed by atoms with Gasteiger partial charge in [0.25, 0.3) is 0 Å². The summed E-state index contributed by atoms with van der Waals surface area (Å²) >= 11 is 0. The molecular formula is C40H34N4. The van der Waals surface area contributed by atoms with Crippen LogP contribution in [0.3, 0.4) is 0 Å². The molecule has 5 N–H and O–H groups in total. The summed E-state index contributed by atoms with van der Waals surface area (Å²) in [5.74, 6) is 0. The predicted molar refractivity (Wildman–Crippen MR) is 189 cm³/mol. The number of allylic oxidation sites excluding steroid dienone is 7. The summed E-state index contributed by atoms with van der Waals surface area (Å²) in [6.07, 6.45) is 16.2. The SMILES string of the molecule is C=C/C(=C\N)C/C=C\C(=C/N)c1ccc2c3ccc4cc(C5=CC=CCN5)ccc4c3n(-c3cccc4ccccc34)c2c1. The fourth-order valence-corrected chi connectivity index (χ4v) is 6.28. The molecule has 0 radical (unpaired) electrons. The number of hydrogen-bond donors (Lipinski definition) is 3. The molecule has 2 heterocycles. The molecule has 0 saturated heterocycles. The summed E-state index contributed by atoms with van der Waals surface area (Å²) in [7, 11) is 0. The number of fused-ring (bicyclic) bond motifs is 6. The van der Waals surface area contributed by atoms with E-state index in [-0.39, 0.29) is 0 Å². The normalized spacial score (nSPS) is 14.1. The average Bonchev–Trinajstić information content (AvgIpc) is 3.42. The third-order valence-corrected chi connectivity index (χ3v) is 8.51. The van der Waals surface area contributed by atoms with E-state index in [0.717, 1.165) is 40.2 Å². The van der Waals surface area contributed by atoms with Gasteiger partial charge in [0.1, 0.15) is 0 Å². The first kappa shape index (κ1) is 27.1. The van der Waals surface area contributed by atoms with Crippen molar-refractivity contribution in [1.29, 1.82) is 0 Å². The Labute approximate surface area is 257 Å². The van der Waals surface area contributed by atoms with E-state index in [0.29, 0.717) is 6.42 Å². The summed E-state index contributed by atoms with van der Waals surface area (Å²) in [5.41, 5.74) is 20.7. The zero-order valence-electron chi connectivity index (χ0n) is 24.5. The second-order valence-corrected chi connectivity index (χ2v) is 11.0. The Balaban J connectivity index is 1.49. The maximum atomic E-state index is 6.19. The Hall–Kier alpha value is -5.74. The van der Waals surface area contributed by atoms with Gasteiger partial charge in [-0.05, 0) is 69.9 Å². The van der Waals surface area contributed by atoms with Crippen molar-refractivity contribution in [3.63, 3.8) is 0 Å². The van der Waals surface area contributed by atoms with Crippen LogP contribution >= 0.6 is 0 Å². The van der Waals surface area contributed by atoms with Crippen LogP contribution < -0.4 is 16.8 Å². The molecule has 0 aliphatic carbocycles. The number of nitrogens with one attached hydrogen (secondary N) is 1. The monoisotopic (exact) mass is 570 g/mol. The van der Waals surface area contributed by atoms with Gasteiger partial charge in [-0.15, -0.1) is 0 Å². The summed E-state index contributed by atoms with van der Waals surface area (Å²) in [6.45, 7) is 4.68. The van der Waals surface area contributed by atoms with Gasteiger partial charge in [-0.25, -0.2) is 0 Å². The molecule has 6 aromatic rings. The van der Waals surface area contributed by atoms with E-state index in [9.17, 15) is 0 Å². The molecule has 44 heavy (non-hydrogen) atoms. The lowest BCUT2D eigenvalue weighted by molar-refractivity contribution is 0.996. The molecule has 5 aromatic carbocycles. The van der Waals surface area contributed by atoms with Gasteiger partial charge in [-0.3, -0.25) is 0 Å². The van der Waals surface area contributed by atoms with Crippen LogP contribution in [-0.2, 0) is 0 Å². The van der Waals surface area contributed by atoms with Crippen molar-refractivity contribution in [1.82, 2.24) is 9.88 Å². The third kappa shape index (κ3) is 4.67. The fourth-order valence-electron chi connectivity index (χ4n) is 6.28. The Morgan fingerprint density at radius 1 is 0.818 bits per heavy atom. The van der Waals surface area contributed by atoms with Crippen LogP contribution in [0.4, 0.5) is 0 Å². The molecule has 4 nitrogen and oxygen atoms in total. The van der Waals surface area contributed by atoms with Crippen LogP contribution in [0.25, 0.3) is 60.3 Å². The van der Waals surface area contributed by atoms with Crippen LogP contribution in [-0.4, -0.2) is 11.1 Å². The second kappa shape index (κ2) is 11.5. The first-order valence-electron chi connectivity index (χ1n) is 14.9. The van der Waals surface area contributed by atoms with Crippen LogP contribution in [0, 0.1) is 0 Å². The first-order valence-corrected chi connectivity index (χ1v) is 14.9. The van der Waals surface area contributed by atoms with E-state index in [1.54, 1.807) is 18.5 Å². The van der Waals surface area contributed by atoms with E-state index in [1.807, 2.05) is 0 Å². The predicted octanol–water partition coefficient (Wildman–Crippen LogP) is 8.86. The molecule has 214 valence electrons. The molecule has 0 fully saturated rings. The molecule has 0 bridgehead atoms. The molecule has 4 heteroatoms. The molecule has 7 rings (SSSR count). The van der Waals surface area contributed by atoms with Crippen molar-refractivity contribution < 1.29 is 0 Å². The molecule has 0 atom stereocenters. The lowest BCUT2D eigenvalue weighted by atomic mass is 10.00. The number of nitrogens with two attached hydrogens (primary N) is 2. The Kier molecular flexibility index (Phi) is 7.09. The number of nitrogens with zero attached hydrogens (tertiary/aromatic N) is 1. The second-order valence-electron chi connectivity index (χ2n) is 11.0. The molecule has 1 aromatic heterocycles. The molecule has 1 aliphatic heterocycles. The van der Waals surface area contributed by atoms with E-state index in [2.05, 4.69) is 138 Å². The molecule has 0 spiro atoms. The quantitative estimate of drug-likeness (QED) is 0.168. The number of benzene rings is 5. The van der Waals surface area contributed by atoms with Gasteiger partial charge in [0.05, 0.1) is 16.7 Å². The molecular weight excluding hydrogens is 536 g/mol. The van der Waals surface area contributed by atoms with E-state index >= 15 is 0 Å². The van der Waals surface area contributed by atoms with Gasteiger partial charge in [0, 0.05) is 40.0 Å². The molecule has 0 amide bonds. The average molecular weight is 571 g/mol. The van der Waals surface area contributed by atoms with Gasteiger partial charge in [-0.1, -0.05) is 110 Å². The van der Waals surface area contributed by atoms with Crippen molar-refractivity contribution in [3.05, 3.63) is 163 Å². The van der Waals surface area contributed by atoms with Gasteiger partial charge < -0.3 is 21.4 Å². The summed E-state index contributed by atoms with van der Waals surface area (Å²) in [5, 5.41) is 10.7. The van der Waals surface area contributed by atoms with E-state index in [1.165, 1.54) is 43.4 Å². The van der Waals surface area contributed by atoms with Crippen LogP contribution in [0.5, 0.6) is 0 Å². The van der Waals surface area contributed by atoms with Crippen LogP contribution in [0.1, 0.15) is 17.5 Å². The summed E-state index contributed by atoms with van der Waals surface area (Å²) in [6, 6.07) is 33.1. The van der Waals surface area contributed by atoms with Gasteiger partial charge in [0.15, 0.2) is 0 Å². The van der Waals surface area contributed by atoms with Crippen molar-refractivity contribution in [3.8, 4) is 5.69 Å². The topological polar surface area (TPSA) is 69.0 Å². The maximum Gasteiger partial charge on any atom is 0.0619 e. The Morgan fingerprint density at radius 2 is 1.66 bits per heavy atom. The highest BCUT2D eigenvalue weighted by Gasteiger charge is 2.18. The summed E-state index contributed by atoms with van der Waals surface area (Å²) < 4.78 is 2.43. The van der Waals surface area contributed by atoms with Crippen molar-refractivity contribution in [2.45, 2.75) is 6.42 Å². The largest absolute Gasteiger partial charge is 0.404 e. The minimum atomic E-state index is 0.687. The molecule has 0 saturated carbocycles. The highest BCUT2D eigenvalue weighted by molar-refractivity contribution is 6.19. The Morgan fingerprint density at radius 3 is 2.48 bits per heavy atom. The lowest BCUT2D eigenvalue weighted by Crippen LogP contribution is -2.14. The van der Waals surface area contributed by atoms with E-state index in [4.69, 9.17) is 11.5 Å². The lowest BCUT2D eigenvalue weighted by Gasteiger charge is -2.15. The third-order valence-electron chi connectivity index (χ3n) is 8.51. The van der Waals surface area contributed by atoms with Crippen molar-refractivity contribution in [2.75, 3.05) is 6.54 Å². The van der Waals surface area contributed by atoms with E-state index < -0.39 is 0 Å². The minimum Gasteiger partial charge on any atom is -0.404 e. The van der Waals surface area contributed by atoms with Gasteiger partial charge in [-0.2, -0.15) is 0 Å². The van der Waals surface area contributed by atoms with Gasteiger partial charge >= 0.3 is 0 Å². The highest BCUT2D eigenvalue weighted by Crippen LogP contribution is 2.40. The number of rotatable bonds is 7. The number of hydrogen-bond acceptors (Lipinski definition) is 3. The minimum absolute atomic E-state index is 0.687. The number of aromatic nitrogens is 1. The highest BCUT2D eigenvalue weighted by atomic mass is 15.0. The zero-order valence-corrected chi connectivity index (χ0v) is 24.5. The number of dihydropyridines is 1. The Bertz CT molecular complexity index is 2230. The van der Waals surface area contributed by atoms with Gasteiger partial charge in [0.2, 0.25) is 0 Å². The first-order chi connectivity index (χ1) is 21.7. The fraction of sp³-hybridized carbons (Fsp3) is 0.0500. The molecule has 1 aliphatic rings. The van der Waals surface area contributed by atoms with Crippen LogP contribution in [0.15, 0.2) is 152 Å².